The van der Waals surface area contributed by atoms with Gasteiger partial charge < -0.3 is 4.74 Å². The number of nitrogens with zero attached hydrogens (tertiary/aromatic N) is 3. The summed E-state index contributed by atoms with van der Waals surface area (Å²) in [4.78, 5) is 22.2. The summed E-state index contributed by atoms with van der Waals surface area (Å²) in [6.45, 7) is 3.99. The zero-order valence-corrected chi connectivity index (χ0v) is 15.2. The number of nitrogens with one attached hydrogen (secondary N) is 1. The fourth-order valence-corrected chi connectivity index (χ4v) is 3.70. The second kappa shape index (κ2) is 7.61. The summed E-state index contributed by atoms with van der Waals surface area (Å²) in [7, 11) is 0. The highest BCUT2D eigenvalue weighted by Crippen LogP contribution is 2.22. The second-order valence-electron chi connectivity index (χ2n) is 6.58. The highest BCUT2D eigenvalue weighted by atomic mass is 35.5. The van der Waals surface area contributed by atoms with Gasteiger partial charge in [-0.25, -0.2) is 9.78 Å². The molecule has 0 amide bonds. The van der Waals surface area contributed by atoms with Crippen LogP contribution in [-0.4, -0.2) is 52.3 Å². The maximum Gasteiger partial charge on any atom is 0.327 e. The third-order valence-electron chi connectivity index (χ3n) is 4.79. The zero-order chi connectivity index (χ0) is 17.9. The quantitative estimate of drug-likeness (QED) is 0.747. The minimum Gasteiger partial charge on any atom is -0.379 e. The van der Waals surface area contributed by atoms with Crippen molar-refractivity contribution < 1.29 is 4.74 Å². The Kier molecular flexibility index (Phi) is 5.06. The summed E-state index contributed by atoms with van der Waals surface area (Å²) < 4.78 is 7.26. The molecule has 1 aromatic carbocycles. The fourth-order valence-electron chi connectivity index (χ4n) is 3.55. The first-order chi connectivity index (χ1) is 12.7. The number of hydrogen-bond acceptors (Lipinski definition) is 4. The highest BCUT2D eigenvalue weighted by Gasteiger charge is 2.22. The van der Waals surface area contributed by atoms with Crippen molar-refractivity contribution in [2.75, 3.05) is 32.8 Å². The average molecular weight is 373 g/mol. The Hall–Kier alpha value is -2.15. The number of fused-ring (bicyclic) bond motifs is 1. The van der Waals surface area contributed by atoms with Gasteiger partial charge in [0.15, 0.2) is 5.65 Å². The average Bonchev–Trinajstić information content (AvgIpc) is 2.98. The van der Waals surface area contributed by atoms with Crippen molar-refractivity contribution in [1.29, 1.82) is 0 Å². The predicted octanol–water partition coefficient (Wildman–Crippen LogP) is 2.49. The van der Waals surface area contributed by atoms with Crippen molar-refractivity contribution in [2.45, 2.75) is 12.5 Å². The molecule has 0 radical (unpaired) electrons. The minimum absolute atomic E-state index is 0.0167. The molecule has 0 spiro atoms. The standard InChI is InChI=1S/C19H21ClN4O2/c20-15-11-17-18(21-12-15)22-19(25)24(17)16(10-14-4-2-1-3-5-14)13-23-6-8-26-9-7-23/h1-5,11-12,16H,6-10,13H2,(H,21,22,25). The summed E-state index contributed by atoms with van der Waals surface area (Å²) in [5, 5.41) is 0.523. The van der Waals surface area contributed by atoms with E-state index < -0.39 is 0 Å². The van der Waals surface area contributed by atoms with Gasteiger partial charge in [-0.1, -0.05) is 41.9 Å². The molecule has 0 bridgehead atoms. The molecule has 1 atom stereocenters. The van der Waals surface area contributed by atoms with Crippen molar-refractivity contribution in [3.63, 3.8) is 0 Å². The highest BCUT2D eigenvalue weighted by molar-refractivity contribution is 6.31. The van der Waals surface area contributed by atoms with E-state index >= 15 is 0 Å². The number of H-pyrrole nitrogens is 1. The second-order valence-corrected chi connectivity index (χ2v) is 7.01. The van der Waals surface area contributed by atoms with Crippen molar-refractivity contribution in [3.8, 4) is 0 Å². The molecule has 1 saturated heterocycles. The normalized spacial score (nSPS) is 16.8. The first kappa shape index (κ1) is 17.3. The first-order valence-corrected chi connectivity index (χ1v) is 9.18. The van der Waals surface area contributed by atoms with Gasteiger partial charge in [0, 0.05) is 25.8 Å². The van der Waals surface area contributed by atoms with Crippen molar-refractivity contribution in [2.24, 2.45) is 0 Å². The molecule has 1 aliphatic heterocycles. The number of rotatable bonds is 5. The molecule has 136 valence electrons. The van der Waals surface area contributed by atoms with E-state index in [4.69, 9.17) is 16.3 Å². The molecule has 0 aliphatic carbocycles. The number of aromatic amines is 1. The molecule has 3 aromatic rings. The third kappa shape index (κ3) is 3.67. The van der Waals surface area contributed by atoms with E-state index in [1.165, 1.54) is 5.56 Å². The lowest BCUT2D eigenvalue weighted by molar-refractivity contribution is 0.0315. The maximum absolute atomic E-state index is 12.7. The molecule has 2 aromatic heterocycles. The van der Waals surface area contributed by atoms with E-state index in [9.17, 15) is 4.79 Å². The van der Waals surface area contributed by atoms with Crippen LogP contribution in [0.25, 0.3) is 11.2 Å². The lowest BCUT2D eigenvalue weighted by atomic mass is 10.0. The SMILES string of the molecule is O=c1[nH]c2ncc(Cl)cc2n1C(Cc1ccccc1)CN1CCOCC1. The predicted molar refractivity (Wildman–Crippen MR) is 102 cm³/mol. The van der Waals surface area contributed by atoms with E-state index in [-0.39, 0.29) is 11.7 Å². The van der Waals surface area contributed by atoms with Crippen molar-refractivity contribution in [3.05, 3.63) is 63.7 Å². The molecule has 1 fully saturated rings. The van der Waals surface area contributed by atoms with Crippen LogP contribution in [0.15, 0.2) is 47.4 Å². The third-order valence-corrected chi connectivity index (χ3v) is 5.00. The number of benzene rings is 1. The number of pyridine rings is 1. The van der Waals surface area contributed by atoms with Gasteiger partial charge in [-0.2, -0.15) is 0 Å². The number of imidazole rings is 1. The van der Waals surface area contributed by atoms with Crippen LogP contribution < -0.4 is 5.69 Å². The summed E-state index contributed by atoms with van der Waals surface area (Å²) in [5.41, 5.74) is 2.36. The molecule has 4 rings (SSSR count). The van der Waals surface area contributed by atoms with Crippen LogP contribution in [0.5, 0.6) is 0 Å². The van der Waals surface area contributed by atoms with Crippen LogP contribution in [0, 0.1) is 0 Å². The van der Waals surface area contributed by atoms with Gasteiger partial charge in [-0.3, -0.25) is 14.5 Å². The van der Waals surface area contributed by atoms with Gasteiger partial charge in [-0.15, -0.1) is 0 Å². The van der Waals surface area contributed by atoms with Gasteiger partial charge >= 0.3 is 5.69 Å². The van der Waals surface area contributed by atoms with Crippen LogP contribution in [0.1, 0.15) is 11.6 Å². The van der Waals surface area contributed by atoms with Gasteiger partial charge in [-0.05, 0) is 18.1 Å². The molecule has 6 nitrogen and oxygen atoms in total. The van der Waals surface area contributed by atoms with Gasteiger partial charge in [0.05, 0.1) is 29.8 Å². The number of aromatic nitrogens is 3. The lowest BCUT2D eigenvalue weighted by Gasteiger charge is -2.31. The van der Waals surface area contributed by atoms with Crippen LogP contribution in [0.3, 0.4) is 0 Å². The summed E-state index contributed by atoms with van der Waals surface area (Å²) >= 11 is 6.14. The molecule has 26 heavy (non-hydrogen) atoms. The van der Waals surface area contributed by atoms with Crippen LogP contribution in [-0.2, 0) is 11.2 Å². The van der Waals surface area contributed by atoms with Gasteiger partial charge in [0.1, 0.15) is 0 Å². The molecular formula is C19H21ClN4O2. The van der Waals surface area contributed by atoms with E-state index in [2.05, 4.69) is 27.0 Å². The molecular weight excluding hydrogens is 352 g/mol. The summed E-state index contributed by atoms with van der Waals surface area (Å²) in [6, 6.07) is 12.0. The molecule has 7 heteroatoms. The van der Waals surface area contributed by atoms with Crippen molar-refractivity contribution in [1.82, 2.24) is 19.4 Å². The van der Waals surface area contributed by atoms with Crippen LogP contribution in [0.4, 0.5) is 0 Å². The molecule has 3 heterocycles. The minimum atomic E-state index is -0.149. The topological polar surface area (TPSA) is 63.2 Å². The molecule has 1 unspecified atom stereocenters. The Morgan fingerprint density at radius 1 is 1.23 bits per heavy atom. The van der Waals surface area contributed by atoms with E-state index in [1.54, 1.807) is 16.8 Å². The Morgan fingerprint density at radius 2 is 2.00 bits per heavy atom. The fraction of sp³-hybridized carbons (Fsp3) is 0.368. The van der Waals surface area contributed by atoms with Gasteiger partial charge in [0.2, 0.25) is 0 Å². The smallest absolute Gasteiger partial charge is 0.327 e. The van der Waals surface area contributed by atoms with Gasteiger partial charge in [0.25, 0.3) is 0 Å². The molecule has 0 saturated carbocycles. The first-order valence-electron chi connectivity index (χ1n) is 8.80. The number of hydrogen-bond donors (Lipinski definition) is 1. The summed E-state index contributed by atoms with van der Waals surface area (Å²) in [6.07, 6.45) is 2.32. The number of halogens is 1. The lowest BCUT2D eigenvalue weighted by Crippen LogP contribution is -2.41. The van der Waals surface area contributed by atoms with E-state index in [0.717, 1.165) is 44.8 Å². The van der Waals surface area contributed by atoms with E-state index in [1.807, 2.05) is 18.2 Å². The zero-order valence-electron chi connectivity index (χ0n) is 14.4. The largest absolute Gasteiger partial charge is 0.379 e. The van der Waals surface area contributed by atoms with Crippen molar-refractivity contribution >= 4 is 22.8 Å². The Morgan fingerprint density at radius 3 is 2.77 bits per heavy atom. The molecule has 1 N–H and O–H groups in total. The number of morpholine rings is 1. The Labute approximate surface area is 156 Å². The monoisotopic (exact) mass is 372 g/mol. The number of ether oxygens (including phenoxy) is 1. The van der Waals surface area contributed by atoms with Crippen LogP contribution in [0.2, 0.25) is 5.02 Å². The summed E-state index contributed by atoms with van der Waals surface area (Å²) in [5.74, 6) is 0. The van der Waals surface area contributed by atoms with Crippen LogP contribution >= 0.6 is 11.6 Å². The molecule has 1 aliphatic rings. The Balaban J connectivity index is 1.73. The Bertz CT molecular complexity index is 932. The maximum atomic E-state index is 12.7. The van der Waals surface area contributed by atoms with E-state index in [0.29, 0.717) is 10.7 Å².